The second-order valence-corrected chi connectivity index (χ2v) is 8.07. The Morgan fingerprint density at radius 1 is 1.11 bits per heavy atom. The second-order valence-electron chi connectivity index (χ2n) is 8.07. The first-order chi connectivity index (χ1) is 13.8. The summed E-state index contributed by atoms with van der Waals surface area (Å²) in [6.45, 7) is 1.85. The molecule has 28 heavy (non-hydrogen) atoms. The third-order valence-corrected chi connectivity index (χ3v) is 6.00. The van der Waals surface area contributed by atoms with E-state index < -0.39 is 0 Å². The lowest BCUT2D eigenvalue weighted by Crippen LogP contribution is -2.36. The summed E-state index contributed by atoms with van der Waals surface area (Å²) in [5.41, 5.74) is 1.42. The maximum atomic E-state index is 13.1. The molecule has 1 aromatic carbocycles. The summed E-state index contributed by atoms with van der Waals surface area (Å²) in [7, 11) is 0. The Morgan fingerprint density at radius 3 is 2.89 bits per heavy atom. The number of carbonyl (C=O) groups excluding carboxylic acids is 1. The molecule has 6 heteroatoms. The largest absolute Gasteiger partial charge is 0.334 e. The molecule has 0 radical (unpaired) electrons. The van der Waals surface area contributed by atoms with Crippen molar-refractivity contribution in [2.75, 3.05) is 6.54 Å². The van der Waals surface area contributed by atoms with Crippen LogP contribution in [0.25, 0.3) is 10.9 Å². The van der Waals surface area contributed by atoms with Crippen molar-refractivity contribution in [2.45, 2.75) is 51.1 Å². The van der Waals surface area contributed by atoms with Crippen LogP contribution in [0.5, 0.6) is 0 Å². The van der Waals surface area contributed by atoms with E-state index in [1.807, 2.05) is 47.6 Å². The molecule has 1 aliphatic heterocycles. The van der Waals surface area contributed by atoms with Gasteiger partial charge in [0.25, 0.3) is 5.91 Å². The minimum Gasteiger partial charge on any atom is -0.334 e. The molecule has 3 aromatic rings. The first-order valence-electron chi connectivity index (χ1n) is 10.3. The summed E-state index contributed by atoms with van der Waals surface area (Å²) >= 11 is 0. The van der Waals surface area contributed by atoms with E-state index in [-0.39, 0.29) is 11.9 Å². The van der Waals surface area contributed by atoms with Crippen molar-refractivity contribution in [3.05, 3.63) is 54.2 Å². The molecular weight excluding hydrogens is 350 g/mol. The lowest BCUT2D eigenvalue weighted by atomic mass is 10.1. The zero-order chi connectivity index (χ0) is 18.9. The van der Waals surface area contributed by atoms with Gasteiger partial charge >= 0.3 is 0 Å². The van der Waals surface area contributed by atoms with E-state index in [9.17, 15) is 4.79 Å². The fourth-order valence-corrected chi connectivity index (χ4v) is 4.23. The van der Waals surface area contributed by atoms with Crippen LogP contribution in [-0.2, 0) is 13.0 Å². The molecule has 0 bridgehead atoms. The van der Waals surface area contributed by atoms with E-state index in [2.05, 4.69) is 19.7 Å². The number of benzene rings is 1. The van der Waals surface area contributed by atoms with Crippen LogP contribution in [-0.4, -0.2) is 43.1 Å². The van der Waals surface area contributed by atoms with Gasteiger partial charge in [0.15, 0.2) is 0 Å². The molecule has 2 fully saturated rings. The SMILES string of the molecule is O=C(c1ccc2ccccc2n1)N1CCCC1CCc1nncn1CC1CC1. The molecule has 1 atom stereocenters. The predicted molar refractivity (Wildman–Crippen MR) is 107 cm³/mol. The average Bonchev–Trinajstić information content (AvgIpc) is 3.23. The summed E-state index contributed by atoms with van der Waals surface area (Å²) in [4.78, 5) is 19.7. The Balaban J connectivity index is 1.28. The molecule has 2 aromatic heterocycles. The van der Waals surface area contributed by atoms with Crippen molar-refractivity contribution in [3.63, 3.8) is 0 Å². The molecule has 1 unspecified atom stereocenters. The van der Waals surface area contributed by atoms with Gasteiger partial charge < -0.3 is 9.47 Å². The van der Waals surface area contributed by atoms with Crippen LogP contribution in [0.3, 0.4) is 0 Å². The number of fused-ring (bicyclic) bond motifs is 1. The minimum absolute atomic E-state index is 0.0488. The Bertz CT molecular complexity index is 993. The van der Waals surface area contributed by atoms with Crippen molar-refractivity contribution in [1.82, 2.24) is 24.6 Å². The van der Waals surface area contributed by atoms with Crippen LogP contribution in [0, 0.1) is 5.92 Å². The Hall–Kier alpha value is -2.76. The van der Waals surface area contributed by atoms with E-state index in [1.165, 1.54) is 12.8 Å². The second kappa shape index (κ2) is 7.34. The van der Waals surface area contributed by atoms with Crippen LogP contribution in [0.4, 0.5) is 0 Å². The number of hydrogen-bond donors (Lipinski definition) is 0. The summed E-state index contributed by atoms with van der Waals surface area (Å²) in [6.07, 6.45) is 8.40. The molecule has 1 aliphatic carbocycles. The first-order valence-corrected chi connectivity index (χ1v) is 10.3. The summed E-state index contributed by atoms with van der Waals surface area (Å²) in [5, 5.41) is 9.48. The van der Waals surface area contributed by atoms with E-state index in [0.29, 0.717) is 5.69 Å². The number of pyridine rings is 1. The van der Waals surface area contributed by atoms with Crippen molar-refractivity contribution in [2.24, 2.45) is 5.92 Å². The summed E-state index contributed by atoms with van der Waals surface area (Å²) < 4.78 is 2.20. The Kier molecular flexibility index (Phi) is 4.55. The number of aryl methyl sites for hydroxylation is 1. The first kappa shape index (κ1) is 17.3. The van der Waals surface area contributed by atoms with Crippen LogP contribution < -0.4 is 0 Å². The van der Waals surface area contributed by atoms with E-state index in [0.717, 1.165) is 61.4 Å². The Labute approximate surface area is 164 Å². The molecule has 0 spiro atoms. The third-order valence-electron chi connectivity index (χ3n) is 6.00. The van der Waals surface area contributed by atoms with E-state index in [4.69, 9.17) is 0 Å². The lowest BCUT2D eigenvalue weighted by Gasteiger charge is -2.24. The lowest BCUT2D eigenvalue weighted by molar-refractivity contribution is 0.0724. The van der Waals surface area contributed by atoms with E-state index >= 15 is 0 Å². The summed E-state index contributed by atoms with van der Waals surface area (Å²) in [6, 6.07) is 12.0. The number of rotatable bonds is 6. The molecule has 2 aliphatic rings. The van der Waals surface area contributed by atoms with Crippen LogP contribution in [0.2, 0.25) is 0 Å². The zero-order valence-corrected chi connectivity index (χ0v) is 16.0. The van der Waals surface area contributed by atoms with Crippen molar-refractivity contribution in [3.8, 4) is 0 Å². The number of carbonyl (C=O) groups is 1. The van der Waals surface area contributed by atoms with Gasteiger partial charge in [0.05, 0.1) is 5.52 Å². The van der Waals surface area contributed by atoms with Gasteiger partial charge in [-0.25, -0.2) is 4.98 Å². The van der Waals surface area contributed by atoms with Gasteiger partial charge in [0.2, 0.25) is 0 Å². The monoisotopic (exact) mass is 375 g/mol. The number of para-hydroxylation sites is 1. The normalized spacial score (nSPS) is 19.4. The van der Waals surface area contributed by atoms with Gasteiger partial charge in [-0.2, -0.15) is 0 Å². The van der Waals surface area contributed by atoms with Gasteiger partial charge in [-0.1, -0.05) is 24.3 Å². The quantitative estimate of drug-likeness (QED) is 0.662. The van der Waals surface area contributed by atoms with Gasteiger partial charge in [-0.3, -0.25) is 4.79 Å². The highest BCUT2D eigenvalue weighted by Gasteiger charge is 2.30. The number of amides is 1. The molecule has 144 valence electrons. The molecule has 3 heterocycles. The van der Waals surface area contributed by atoms with Gasteiger partial charge in [0.1, 0.15) is 17.8 Å². The van der Waals surface area contributed by atoms with Crippen molar-refractivity contribution in [1.29, 1.82) is 0 Å². The highest BCUT2D eigenvalue weighted by Crippen LogP contribution is 2.31. The molecule has 1 amide bonds. The number of likely N-dealkylation sites (tertiary alicyclic amines) is 1. The Morgan fingerprint density at radius 2 is 2.00 bits per heavy atom. The maximum absolute atomic E-state index is 13.1. The van der Waals surface area contributed by atoms with Crippen LogP contribution in [0.1, 0.15) is 48.4 Å². The maximum Gasteiger partial charge on any atom is 0.272 e. The van der Waals surface area contributed by atoms with Gasteiger partial charge in [0, 0.05) is 30.9 Å². The van der Waals surface area contributed by atoms with Gasteiger partial charge in [-0.15, -0.1) is 10.2 Å². The summed E-state index contributed by atoms with van der Waals surface area (Å²) in [5.74, 6) is 1.90. The zero-order valence-electron chi connectivity index (χ0n) is 16.0. The highest BCUT2D eigenvalue weighted by molar-refractivity contribution is 5.95. The van der Waals surface area contributed by atoms with Crippen molar-refractivity contribution >= 4 is 16.8 Å². The standard InChI is InChI=1S/C22H25N5O/c28-22(20-11-9-17-4-1-2-6-19(17)24-20)27-13-3-5-18(27)10-12-21-25-23-15-26(21)14-16-7-8-16/h1-2,4,6,9,11,15-16,18H,3,5,7-8,10,12-14H2. The fourth-order valence-electron chi connectivity index (χ4n) is 4.23. The molecule has 6 nitrogen and oxygen atoms in total. The smallest absolute Gasteiger partial charge is 0.272 e. The number of aromatic nitrogens is 4. The van der Waals surface area contributed by atoms with Crippen molar-refractivity contribution < 1.29 is 4.79 Å². The molecular formula is C22H25N5O. The molecule has 0 N–H and O–H groups in total. The number of hydrogen-bond acceptors (Lipinski definition) is 4. The topological polar surface area (TPSA) is 63.9 Å². The predicted octanol–water partition coefficient (Wildman–Crippen LogP) is 3.47. The van der Waals surface area contributed by atoms with Gasteiger partial charge in [-0.05, 0) is 50.2 Å². The fraction of sp³-hybridized carbons (Fsp3) is 0.455. The molecule has 5 rings (SSSR count). The molecule has 1 saturated heterocycles. The highest BCUT2D eigenvalue weighted by atomic mass is 16.2. The minimum atomic E-state index is 0.0488. The average molecular weight is 375 g/mol. The van der Waals surface area contributed by atoms with Crippen LogP contribution in [0.15, 0.2) is 42.7 Å². The third kappa shape index (κ3) is 3.51. The van der Waals surface area contributed by atoms with E-state index in [1.54, 1.807) is 0 Å². The number of nitrogens with zero attached hydrogens (tertiary/aromatic N) is 5. The van der Waals surface area contributed by atoms with Crippen LogP contribution >= 0.6 is 0 Å². The molecule has 1 saturated carbocycles.